The average Bonchev–Trinajstić information content (AvgIpc) is 3.07. The highest BCUT2D eigenvalue weighted by molar-refractivity contribution is 7.18. The van der Waals surface area contributed by atoms with Crippen molar-refractivity contribution in [2.24, 2.45) is 11.3 Å². The van der Waals surface area contributed by atoms with Crippen LogP contribution in [0.2, 0.25) is 0 Å². The molecule has 0 saturated heterocycles. The highest BCUT2D eigenvalue weighted by atomic mass is 32.1. The highest BCUT2D eigenvalue weighted by Crippen LogP contribution is 2.38. The number of allylic oxidation sites excluding steroid dienone is 2. The maximum Gasteiger partial charge on any atom is 0.244 e. The molecule has 4 N–H and O–H groups in total. The molecule has 1 atom stereocenters. The number of thiazole rings is 1. The van der Waals surface area contributed by atoms with E-state index >= 15 is 0 Å². The van der Waals surface area contributed by atoms with Crippen molar-refractivity contribution in [2.45, 2.75) is 20.3 Å². The Morgan fingerprint density at radius 3 is 2.58 bits per heavy atom. The second kappa shape index (κ2) is 8.99. The van der Waals surface area contributed by atoms with Gasteiger partial charge >= 0.3 is 0 Å². The van der Waals surface area contributed by atoms with E-state index in [-0.39, 0.29) is 28.1 Å². The number of halogens is 1. The van der Waals surface area contributed by atoms with Crippen molar-refractivity contribution in [3.8, 4) is 0 Å². The van der Waals surface area contributed by atoms with Gasteiger partial charge in [-0.25, -0.2) is 14.4 Å². The van der Waals surface area contributed by atoms with E-state index in [0.29, 0.717) is 11.6 Å². The number of nitrogens with one attached hydrogen (secondary N) is 2. The monoisotopic (exact) mass is 443 g/mol. The average molecular weight is 444 g/mol. The fraction of sp³-hybridized carbons (Fsp3) is 0.318. The molecule has 1 aliphatic rings. The molecule has 0 radical (unpaired) electrons. The number of rotatable bonds is 7. The Morgan fingerprint density at radius 1 is 1.29 bits per heavy atom. The molecule has 2 aromatic rings. The molecule has 0 bridgehead atoms. The van der Waals surface area contributed by atoms with Gasteiger partial charge in [-0.2, -0.15) is 0 Å². The topological polar surface area (TPSA) is 100 Å². The first kappa shape index (κ1) is 22.6. The number of hydrogen-bond donors (Lipinski definition) is 3. The van der Waals surface area contributed by atoms with Crippen LogP contribution < -0.4 is 16.5 Å². The van der Waals surface area contributed by atoms with Crippen LogP contribution in [-0.2, 0) is 4.79 Å². The minimum atomic E-state index is -0.663. The first-order valence-electron chi connectivity index (χ1n) is 9.84. The standard InChI is InChI=1S/C22H26FN5O2S/c1-13(2)22(20(30)27-28(3)4)11-9-14(10-12-22)25-21-26-19(24)18(31-21)17(29)15-7-5-6-8-16(15)23/h5-11,13H,12,24H2,1-4H3,(H,25,26)(H,27,30)/t22-/m1/s1. The van der Waals surface area contributed by atoms with Crippen LogP contribution in [0.1, 0.15) is 35.5 Å². The predicted molar refractivity (Wildman–Crippen MR) is 121 cm³/mol. The fourth-order valence-electron chi connectivity index (χ4n) is 3.35. The van der Waals surface area contributed by atoms with E-state index in [2.05, 4.69) is 15.7 Å². The number of aromatic nitrogens is 1. The first-order chi connectivity index (χ1) is 14.6. The Bertz CT molecular complexity index is 1060. The van der Waals surface area contributed by atoms with Gasteiger partial charge in [-0.1, -0.05) is 49.5 Å². The van der Waals surface area contributed by atoms with Crippen LogP contribution in [0.15, 0.2) is 48.2 Å². The molecule has 1 aromatic heterocycles. The van der Waals surface area contributed by atoms with Crippen molar-refractivity contribution in [3.05, 3.63) is 64.4 Å². The molecule has 9 heteroatoms. The summed E-state index contributed by atoms with van der Waals surface area (Å²) in [6, 6.07) is 5.76. The maximum absolute atomic E-state index is 14.0. The largest absolute Gasteiger partial charge is 0.382 e. The Kier molecular flexibility index (Phi) is 6.56. The second-order valence-electron chi connectivity index (χ2n) is 7.89. The Morgan fingerprint density at radius 2 is 2.00 bits per heavy atom. The number of hydrogen-bond acceptors (Lipinski definition) is 7. The molecular formula is C22H26FN5O2S. The van der Waals surface area contributed by atoms with Gasteiger partial charge in [-0.3, -0.25) is 15.0 Å². The molecule has 31 heavy (non-hydrogen) atoms. The summed E-state index contributed by atoms with van der Waals surface area (Å²) in [6.07, 6.45) is 6.14. The number of amides is 1. The number of hydrazine groups is 1. The number of anilines is 2. The Balaban J connectivity index is 1.77. The lowest BCUT2D eigenvalue weighted by molar-refractivity contribution is -0.134. The predicted octanol–water partition coefficient (Wildman–Crippen LogP) is 3.59. The van der Waals surface area contributed by atoms with Crippen LogP contribution in [-0.4, -0.2) is 35.8 Å². The molecule has 164 valence electrons. The van der Waals surface area contributed by atoms with Gasteiger partial charge in [0.2, 0.25) is 11.7 Å². The summed E-state index contributed by atoms with van der Waals surface area (Å²) >= 11 is 1.06. The smallest absolute Gasteiger partial charge is 0.244 e. The van der Waals surface area contributed by atoms with E-state index in [1.807, 2.05) is 32.1 Å². The molecule has 1 aliphatic carbocycles. The molecule has 3 rings (SSSR count). The summed E-state index contributed by atoms with van der Waals surface area (Å²) in [5.41, 5.74) is 8.80. The van der Waals surface area contributed by atoms with Gasteiger partial charge in [0.05, 0.1) is 11.0 Å². The van der Waals surface area contributed by atoms with Crippen LogP contribution >= 0.6 is 11.3 Å². The molecule has 7 nitrogen and oxygen atoms in total. The van der Waals surface area contributed by atoms with E-state index in [9.17, 15) is 14.0 Å². The molecule has 0 spiro atoms. The number of carbonyl (C=O) groups excluding carboxylic acids is 2. The molecule has 1 heterocycles. The third-order valence-corrected chi connectivity index (χ3v) is 6.21. The molecular weight excluding hydrogens is 417 g/mol. The Labute approximate surface area is 184 Å². The van der Waals surface area contributed by atoms with Gasteiger partial charge in [-0.05, 0) is 30.5 Å². The van der Waals surface area contributed by atoms with Crippen LogP contribution in [0.4, 0.5) is 15.3 Å². The lowest BCUT2D eigenvalue weighted by Gasteiger charge is -2.35. The number of nitrogens with two attached hydrogens (primary N) is 1. The zero-order chi connectivity index (χ0) is 22.8. The van der Waals surface area contributed by atoms with E-state index < -0.39 is 17.0 Å². The molecule has 1 aromatic carbocycles. The van der Waals surface area contributed by atoms with Crippen LogP contribution in [0, 0.1) is 17.2 Å². The van der Waals surface area contributed by atoms with Gasteiger partial charge < -0.3 is 11.1 Å². The summed E-state index contributed by atoms with van der Waals surface area (Å²) in [5.74, 6) is -1.05. The van der Waals surface area contributed by atoms with Gasteiger partial charge in [-0.15, -0.1) is 0 Å². The van der Waals surface area contributed by atoms with Crippen molar-refractivity contribution in [3.63, 3.8) is 0 Å². The number of nitrogens with zero attached hydrogens (tertiary/aromatic N) is 2. The van der Waals surface area contributed by atoms with Crippen LogP contribution in [0.25, 0.3) is 0 Å². The third-order valence-electron chi connectivity index (χ3n) is 5.23. The van der Waals surface area contributed by atoms with E-state index in [1.165, 1.54) is 18.2 Å². The number of carbonyl (C=O) groups is 2. The fourth-order valence-corrected chi connectivity index (χ4v) is 4.21. The van der Waals surface area contributed by atoms with Gasteiger partial charge in [0, 0.05) is 19.8 Å². The van der Waals surface area contributed by atoms with E-state index in [0.717, 1.165) is 17.0 Å². The SMILES string of the molecule is CC(C)[C@@]1(C(=O)NN(C)C)C=CC(Nc2nc(N)c(C(=O)c3ccccc3F)s2)=CC1. The van der Waals surface area contributed by atoms with Gasteiger partial charge in [0.1, 0.15) is 16.5 Å². The lowest BCUT2D eigenvalue weighted by Crippen LogP contribution is -2.48. The number of benzene rings is 1. The highest BCUT2D eigenvalue weighted by Gasteiger charge is 2.40. The van der Waals surface area contributed by atoms with Crippen molar-refractivity contribution >= 4 is 34.0 Å². The van der Waals surface area contributed by atoms with E-state index in [4.69, 9.17) is 5.73 Å². The zero-order valence-electron chi connectivity index (χ0n) is 17.9. The number of nitrogen functional groups attached to an aromatic ring is 1. The van der Waals surface area contributed by atoms with Gasteiger partial charge in [0.15, 0.2) is 5.13 Å². The molecule has 0 fully saturated rings. The van der Waals surface area contributed by atoms with Crippen molar-refractivity contribution in [2.75, 3.05) is 25.1 Å². The normalized spacial score (nSPS) is 18.2. The van der Waals surface area contributed by atoms with E-state index in [1.54, 1.807) is 25.2 Å². The van der Waals surface area contributed by atoms with Crippen molar-refractivity contribution in [1.29, 1.82) is 0 Å². The second-order valence-corrected chi connectivity index (χ2v) is 8.89. The molecule has 0 unspecified atom stereocenters. The summed E-state index contributed by atoms with van der Waals surface area (Å²) in [7, 11) is 3.54. The van der Waals surface area contributed by atoms with Crippen molar-refractivity contribution in [1.82, 2.24) is 15.4 Å². The third kappa shape index (κ3) is 4.67. The van der Waals surface area contributed by atoms with Crippen molar-refractivity contribution < 1.29 is 14.0 Å². The molecule has 1 amide bonds. The molecule has 0 aliphatic heterocycles. The quantitative estimate of drug-likeness (QED) is 0.447. The Hall–Kier alpha value is -3.04. The minimum absolute atomic E-state index is 0.0445. The number of ketones is 1. The summed E-state index contributed by atoms with van der Waals surface area (Å²) in [5, 5.41) is 5.18. The summed E-state index contributed by atoms with van der Waals surface area (Å²) < 4.78 is 14.0. The maximum atomic E-state index is 14.0. The zero-order valence-corrected chi connectivity index (χ0v) is 18.7. The molecule has 0 saturated carbocycles. The first-order valence-corrected chi connectivity index (χ1v) is 10.7. The minimum Gasteiger partial charge on any atom is -0.382 e. The van der Waals surface area contributed by atoms with Crippen LogP contribution in [0.3, 0.4) is 0 Å². The summed E-state index contributed by atoms with van der Waals surface area (Å²) in [4.78, 5) is 29.8. The van der Waals surface area contributed by atoms with Crippen LogP contribution in [0.5, 0.6) is 0 Å². The summed E-state index contributed by atoms with van der Waals surface area (Å²) in [6.45, 7) is 4.02. The lowest BCUT2D eigenvalue weighted by atomic mass is 9.71. The van der Waals surface area contributed by atoms with Gasteiger partial charge in [0.25, 0.3) is 0 Å².